The van der Waals surface area contributed by atoms with Crippen LogP contribution in [0.4, 0.5) is 4.39 Å². The van der Waals surface area contributed by atoms with E-state index in [1.54, 1.807) is 18.5 Å². The number of benzene rings is 1. The number of aldehydes is 1. The summed E-state index contributed by atoms with van der Waals surface area (Å²) in [6.45, 7) is 0. The molecule has 0 amide bonds. The zero-order valence-electron chi connectivity index (χ0n) is 7.22. The lowest BCUT2D eigenvalue weighted by molar-refractivity contribution is 0.112. The van der Waals surface area contributed by atoms with Crippen LogP contribution in [0.1, 0.15) is 10.4 Å². The second-order valence-electron chi connectivity index (χ2n) is 2.77. The summed E-state index contributed by atoms with van der Waals surface area (Å²) >= 11 is 0. The number of carbonyl (C=O) groups excluding carboxylic acids is 1. The summed E-state index contributed by atoms with van der Waals surface area (Å²) in [4.78, 5) is 10.7. The minimum atomic E-state index is -0.428. The van der Waals surface area contributed by atoms with Gasteiger partial charge in [0, 0.05) is 18.0 Å². The lowest BCUT2D eigenvalue weighted by Crippen LogP contribution is -1.99. The van der Waals surface area contributed by atoms with Crippen molar-refractivity contribution in [3.8, 4) is 5.69 Å². The molecule has 2 aromatic rings. The van der Waals surface area contributed by atoms with E-state index in [9.17, 15) is 9.18 Å². The molecule has 0 saturated carbocycles. The first kappa shape index (κ1) is 8.62. The monoisotopic (exact) mass is 190 g/mol. The van der Waals surface area contributed by atoms with Crippen molar-refractivity contribution in [2.24, 2.45) is 0 Å². The smallest absolute Gasteiger partial charge is 0.152 e. The highest BCUT2D eigenvalue weighted by atomic mass is 19.1. The van der Waals surface area contributed by atoms with Crippen LogP contribution in [0.3, 0.4) is 0 Å². The van der Waals surface area contributed by atoms with Crippen molar-refractivity contribution in [1.82, 2.24) is 9.78 Å². The third kappa shape index (κ3) is 1.42. The Hall–Kier alpha value is -1.97. The Morgan fingerprint density at radius 3 is 2.93 bits per heavy atom. The molecule has 70 valence electrons. The molecule has 0 aliphatic carbocycles. The molecular formula is C10H7FN2O. The van der Waals surface area contributed by atoms with E-state index < -0.39 is 5.82 Å². The first-order valence-corrected chi connectivity index (χ1v) is 4.06. The number of carbonyl (C=O) groups is 1. The van der Waals surface area contributed by atoms with Crippen molar-refractivity contribution in [1.29, 1.82) is 0 Å². The fourth-order valence-electron chi connectivity index (χ4n) is 1.24. The summed E-state index contributed by atoms with van der Waals surface area (Å²) < 4.78 is 14.3. The molecule has 0 N–H and O–H groups in total. The Morgan fingerprint density at radius 2 is 2.29 bits per heavy atom. The van der Waals surface area contributed by atoms with E-state index in [4.69, 9.17) is 0 Å². The molecule has 1 aromatic heterocycles. The van der Waals surface area contributed by atoms with Gasteiger partial charge in [-0.2, -0.15) is 5.10 Å². The summed E-state index contributed by atoms with van der Waals surface area (Å²) in [5, 5.41) is 3.96. The van der Waals surface area contributed by atoms with Gasteiger partial charge in [-0.1, -0.05) is 0 Å². The third-order valence-electron chi connectivity index (χ3n) is 1.87. The summed E-state index contributed by atoms with van der Waals surface area (Å²) in [5.74, 6) is -0.428. The Bertz CT molecular complexity index is 451. The highest BCUT2D eigenvalue weighted by molar-refractivity contribution is 5.80. The molecule has 14 heavy (non-hydrogen) atoms. The lowest BCUT2D eigenvalue weighted by atomic mass is 10.2. The molecule has 0 bridgehead atoms. The van der Waals surface area contributed by atoms with Gasteiger partial charge in [-0.3, -0.25) is 4.79 Å². The maximum Gasteiger partial charge on any atom is 0.152 e. The molecule has 0 atom stereocenters. The van der Waals surface area contributed by atoms with Gasteiger partial charge in [-0.15, -0.1) is 0 Å². The van der Waals surface area contributed by atoms with Crippen molar-refractivity contribution >= 4 is 6.29 Å². The van der Waals surface area contributed by atoms with E-state index in [0.717, 1.165) is 0 Å². The first-order valence-electron chi connectivity index (χ1n) is 4.06. The molecule has 0 aliphatic heterocycles. The van der Waals surface area contributed by atoms with Crippen molar-refractivity contribution in [2.45, 2.75) is 0 Å². The van der Waals surface area contributed by atoms with Gasteiger partial charge in [-0.25, -0.2) is 9.07 Å². The Labute approximate surface area is 79.8 Å². The van der Waals surface area contributed by atoms with Crippen LogP contribution < -0.4 is 0 Å². The number of nitrogens with zero attached hydrogens (tertiary/aromatic N) is 2. The van der Waals surface area contributed by atoms with Crippen LogP contribution in [0.5, 0.6) is 0 Å². The Balaban J connectivity index is 2.58. The van der Waals surface area contributed by atoms with Gasteiger partial charge in [0.15, 0.2) is 6.29 Å². The highest BCUT2D eigenvalue weighted by Crippen LogP contribution is 2.13. The van der Waals surface area contributed by atoms with Gasteiger partial charge in [0.05, 0.1) is 5.69 Å². The molecule has 0 fully saturated rings. The molecule has 0 radical (unpaired) electrons. The van der Waals surface area contributed by atoms with Gasteiger partial charge in [0.1, 0.15) is 5.82 Å². The lowest BCUT2D eigenvalue weighted by Gasteiger charge is -2.03. The van der Waals surface area contributed by atoms with Gasteiger partial charge in [-0.05, 0) is 24.3 Å². The predicted molar refractivity (Wildman–Crippen MR) is 48.9 cm³/mol. The minimum Gasteiger partial charge on any atom is -0.298 e. The number of halogens is 1. The summed E-state index contributed by atoms with van der Waals surface area (Å²) in [7, 11) is 0. The summed E-state index contributed by atoms with van der Waals surface area (Å²) in [6, 6.07) is 5.73. The standard InChI is InChI=1S/C10H7FN2O/c11-9-2-3-10(8(6-9)7-14)13-5-1-4-12-13/h1-7H. The molecule has 1 heterocycles. The zero-order valence-corrected chi connectivity index (χ0v) is 7.22. The molecule has 0 aliphatic rings. The molecule has 0 saturated heterocycles. The van der Waals surface area contributed by atoms with Crippen LogP contribution >= 0.6 is 0 Å². The van der Waals surface area contributed by atoms with E-state index in [-0.39, 0.29) is 5.56 Å². The topological polar surface area (TPSA) is 34.9 Å². The van der Waals surface area contributed by atoms with E-state index in [2.05, 4.69) is 5.10 Å². The van der Waals surface area contributed by atoms with E-state index in [1.165, 1.54) is 22.9 Å². The average molecular weight is 190 g/mol. The number of rotatable bonds is 2. The Morgan fingerprint density at radius 1 is 1.43 bits per heavy atom. The SMILES string of the molecule is O=Cc1cc(F)ccc1-n1cccn1. The first-order chi connectivity index (χ1) is 6.81. The van der Waals surface area contributed by atoms with E-state index in [0.29, 0.717) is 12.0 Å². The van der Waals surface area contributed by atoms with E-state index in [1.807, 2.05) is 0 Å². The molecule has 0 spiro atoms. The fraction of sp³-hybridized carbons (Fsp3) is 0. The number of hydrogen-bond donors (Lipinski definition) is 0. The van der Waals surface area contributed by atoms with Crippen LogP contribution in [0.2, 0.25) is 0 Å². The van der Waals surface area contributed by atoms with Crippen LogP contribution in [0.25, 0.3) is 5.69 Å². The van der Waals surface area contributed by atoms with Crippen molar-refractivity contribution in [2.75, 3.05) is 0 Å². The fourth-order valence-corrected chi connectivity index (χ4v) is 1.24. The molecule has 4 heteroatoms. The molecule has 3 nitrogen and oxygen atoms in total. The predicted octanol–water partition coefficient (Wildman–Crippen LogP) is 1.82. The van der Waals surface area contributed by atoms with Gasteiger partial charge in [0.25, 0.3) is 0 Å². The van der Waals surface area contributed by atoms with Crippen LogP contribution in [-0.4, -0.2) is 16.1 Å². The second kappa shape index (κ2) is 3.41. The maximum absolute atomic E-state index is 12.8. The Kier molecular flexibility index (Phi) is 2.10. The zero-order chi connectivity index (χ0) is 9.97. The van der Waals surface area contributed by atoms with Crippen molar-refractivity contribution in [3.05, 3.63) is 48.0 Å². The molecule has 2 rings (SSSR count). The van der Waals surface area contributed by atoms with Crippen molar-refractivity contribution < 1.29 is 9.18 Å². The number of hydrogen-bond acceptors (Lipinski definition) is 2. The minimum absolute atomic E-state index is 0.286. The van der Waals surface area contributed by atoms with Gasteiger partial charge < -0.3 is 0 Å². The second-order valence-corrected chi connectivity index (χ2v) is 2.77. The van der Waals surface area contributed by atoms with Crippen LogP contribution in [-0.2, 0) is 0 Å². The highest BCUT2D eigenvalue weighted by Gasteiger charge is 2.04. The normalized spacial score (nSPS) is 10.1. The third-order valence-corrected chi connectivity index (χ3v) is 1.87. The van der Waals surface area contributed by atoms with Crippen LogP contribution in [0.15, 0.2) is 36.7 Å². The quantitative estimate of drug-likeness (QED) is 0.677. The van der Waals surface area contributed by atoms with E-state index >= 15 is 0 Å². The largest absolute Gasteiger partial charge is 0.298 e. The molecule has 1 aromatic carbocycles. The van der Waals surface area contributed by atoms with Gasteiger partial charge >= 0.3 is 0 Å². The number of aromatic nitrogens is 2. The summed E-state index contributed by atoms with van der Waals surface area (Å²) in [6.07, 6.45) is 3.90. The maximum atomic E-state index is 12.8. The average Bonchev–Trinajstić information content (AvgIpc) is 2.70. The molecular weight excluding hydrogens is 183 g/mol. The van der Waals surface area contributed by atoms with Crippen molar-refractivity contribution in [3.63, 3.8) is 0 Å². The summed E-state index contributed by atoms with van der Waals surface area (Å²) in [5.41, 5.74) is 0.861. The molecule has 0 unspecified atom stereocenters. The van der Waals surface area contributed by atoms with Crippen LogP contribution in [0, 0.1) is 5.82 Å². The van der Waals surface area contributed by atoms with Gasteiger partial charge in [0.2, 0.25) is 0 Å².